The maximum atomic E-state index is 12.0. The number of hydrogen-bond acceptors (Lipinski definition) is 9. The zero-order valence-electron chi connectivity index (χ0n) is 30.1. The quantitative estimate of drug-likeness (QED) is 0.0264. The van der Waals surface area contributed by atoms with Crippen molar-refractivity contribution in [1.29, 1.82) is 0 Å². The first kappa shape index (κ1) is 45.7. The van der Waals surface area contributed by atoms with Gasteiger partial charge in [-0.3, -0.25) is 9.78 Å². The largest absolute Gasteiger partial charge is 0.393 e. The third kappa shape index (κ3) is 33.6. The monoisotopic (exact) mass is 680 g/mol. The van der Waals surface area contributed by atoms with E-state index in [-0.39, 0.29) is 19.4 Å². The maximum Gasteiger partial charge on any atom is 0.344 e. The van der Waals surface area contributed by atoms with Gasteiger partial charge in [0.25, 0.3) is 0 Å². The number of aliphatic hydroxyl groups excluding tert-OH is 3. The minimum atomic E-state index is -1.08. The van der Waals surface area contributed by atoms with E-state index < -0.39 is 36.9 Å². The SMILES string of the molecule is CCCCC/C=C\C/C=C\CCCCCC(O)CC(=O)OOCC(CO)OOC(=O)CC(O)CCCCC/C=C\C/C=C\CCCCC. The molecule has 48 heavy (non-hydrogen) atoms. The fourth-order valence-electron chi connectivity index (χ4n) is 4.74. The molecule has 0 aromatic heterocycles. The molecule has 0 heterocycles. The molecule has 0 rings (SSSR count). The second-order valence-corrected chi connectivity index (χ2v) is 12.4. The van der Waals surface area contributed by atoms with Gasteiger partial charge in [-0.2, -0.15) is 9.78 Å². The number of rotatable bonds is 34. The number of allylic oxidation sites excluding steroid dienone is 8. The lowest BCUT2D eigenvalue weighted by atomic mass is 10.1. The Bertz CT molecular complexity index is 852. The predicted octanol–water partition coefficient (Wildman–Crippen LogP) is 8.87. The maximum absolute atomic E-state index is 12.0. The first-order chi connectivity index (χ1) is 23.4. The molecule has 9 heteroatoms. The molecule has 0 spiro atoms. The molecule has 3 unspecified atom stereocenters. The molecule has 278 valence electrons. The van der Waals surface area contributed by atoms with Crippen LogP contribution in [0.25, 0.3) is 0 Å². The van der Waals surface area contributed by atoms with E-state index in [4.69, 9.17) is 9.78 Å². The van der Waals surface area contributed by atoms with Gasteiger partial charge in [-0.25, -0.2) is 9.59 Å². The molecule has 0 aliphatic heterocycles. The summed E-state index contributed by atoms with van der Waals surface area (Å²) in [4.78, 5) is 42.9. The van der Waals surface area contributed by atoms with Crippen molar-refractivity contribution >= 4 is 11.9 Å². The van der Waals surface area contributed by atoms with Crippen LogP contribution in [0.3, 0.4) is 0 Å². The van der Waals surface area contributed by atoms with E-state index >= 15 is 0 Å². The van der Waals surface area contributed by atoms with Crippen molar-refractivity contribution in [3.63, 3.8) is 0 Å². The summed E-state index contributed by atoms with van der Waals surface area (Å²) in [7, 11) is 0. The van der Waals surface area contributed by atoms with E-state index in [1.165, 1.54) is 38.5 Å². The third-order valence-electron chi connectivity index (χ3n) is 7.67. The lowest BCUT2D eigenvalue weighted by Crippen LogP contribution is -2.27. The van der Waals surface area contributed by atoms with Crippen LogP contribution in [0.5, 0.6) is 0 Å². The van der Waals surface area contributed by atoms with E-state index in [0.29, 0.717) is 12.8 Å². The van der Waals surface area contributed by atoms with E-state index in [1.807, 2.05) is 0 Å². The van der Waals surface area contributed by atoms with Gasteiger partial charge >= 0.3 is 11.9 Å². The summed E-state index contributed by atoms with van der Waals surface area (Å²) >= 11 is 0. The molecule has 3 atom stereocenters. The number of unbranched alkanes of at least 4 members (excludes halogenated alkanes) is 12. The third-order valence-corrected chi connectivity index (χ3v) is 7.67. The van der Waals surface area contributed by atoms with Gasteiger partial charge in [0.05, 0.1) is 31.7 Å². The van der Waals surface area contributed by atoms with Crippen molar-refractivity contribution in [3.8, 4) is 0 Å². The van der Waals surface area contributed by atoms with Crippen molar-refractivity contribution in [2.75, 3.05) is 13.2 Å². The van der Waals surface area contributed by atoms with Gasteiger partial charge in [0, 0.05) is 0 Å². The van der Waals surface area contributed by atoms with Crippen molar-refractivity contribution in [3.05, 3.63) is 48.6 Å². The highest BCUT2D eigenvalue weighted by Gasteiger charge is 2.18. The smallest absolute Gasteiger partial charge is 0.344 e. The highest BCUT2D eigenvalue weighted by Crippen LogP contribution is 2.12. The Balaban J connectivity index is 3.81. The van der Waals surface area contributed by atoms with Crippen LogP contribution in [0.15, 0.2) is 48.6 Å². The Hall–Kier alpha value is -2.30. The van der Waals surface area contributed by atoms with Crippen molar-refractivity contribution in [2.24, 2.45) is 0 Å². The molecule has 0 saturated carbocycles. The standard InChI is InChI=1S/C39H68O9/c1-3-5-7-9-11-13-15-17-19-21-23-25-27-29-35(41)31-38(43)47-45-34-37(33-40)46-48-39(44)32-36(42)30-28-26-24-22-20-18-16-14-12-10-8-6-4-2/h11-14,17-20,35-37,40-42H,3-10,15-16,21-34H2,1-2H3/b13-11-,14-12-,19-17-,20-18-. The van der Waals surface area contributed by atoms with Crippen molar-refractivity contribution in [2.45, 2.75) is 173 Å². The summed E-state index contributed by atoms with van der Waals surface area (Å²) < 4.78 is 0. The molecule has 0 aliphatic rings. The summed E-state index contributed by atoms with van der Waals surface area (Å²) in [6.45, 7) is 3.49. The van der Waals surface area contributed by atoms with Crippen molar-refractivity contribution in [1.82, 2.24) is 0 Å². The van der Waals surface area contributed by atoms with Gasteiger partial charge in [-0.1, -0.05) is 114 Å². The molecular formula is C39H68O9. The molecule has 0 amide bonds. The summed E-state index contributed by atoms with van der Waals surface area (Å²) in [6.07, 6.45) is 34.8. The Morgan fingerprint density at radius 3 is 1.40 bits per heavy atom. The van der Waals surface area contributed by atoms with Crippen LogP contribution < -0.4 is 0 Å². The topological polar surface area (TPSA) is 132 Å². The van der Waals surface area contributed by atoms with Crippen LogP contribution in [0, 0.1) is 0 Å². The summed E-state index contributed by atoms with van der Waals surface area (Å²) in [5.74, 6) is -1.51. The fraction of sp³-hybridized carbons (Fsp3) is 0.744. The van der Waals surface area contributed by atoms with Gasteiger partial charge in [0.2, 0.25) is 0 Å². The number of carbonyl (C=O) groups is 2. The van der Waals surface area contributed by atoms with Gasteiger partial charge in [0.15, 0.2) is 6.10 Å². The van der Waals surface area contributed by atoms with Crippen LogP contribution in [-0.2, 0) is 29.1 Å². The molecule has 0 radical (unpaired) electrons. The molecule has 0 aromatic carbocycles. The average molecular weight is 681 g/mol. The second-order valence-electron chi connectivity index (χ2n) is 12.4. The van der Waals surface area contributed by atoms with Crippen LogP contribution >= 0.6 is 0 Å². The predicted molar refractivity (Wildman–Crippen MR) is 192 cm³/mol. The molecular weight excluding hydrogens is 612 g/mol. The summed E-state index contributed by atoms with van der Waals surface area (Å²) in [5.41, 5.74) is 0. The second kappa shape index (κ2) is 36.0. The summed E-state index contributed by atoms with van der Waals surface area (Å²) in [6, 6.07) is 0. The van der Waals surface area contributed by atoms with Gasteiger partial charge in [-0.05, 0) is 77.0 Å². The van der Waals surface area contributed by atoms with E-state index in [0.717, 1.165) is 77.0 Å². The lowest BCUT2D eigenvalue weighted by Gasteiger charge is -2.14. The Morgan fingerprint density at radius 2 is 0.979 bits per heavy atom. The van der Waals surface area contributed by atoms with Crippen molar-refractivity contribution < 1.29 is 44.5 Å². The molecule has 0 fully saturated rings. The molecule has 0 saturated heterocycles. The van der Waals surface area contributed by atoms with E-state index in [1.54, 1.807) is 0 Å². The van der Waals surface area contributed by atoms with Gasteiger partial charge < -0.3 is 15.3 Å². The molecule has 0 aromatic rings. The van der Waals surface area contributed by atoms with E-state index in [9.17, 15) is 24.9 Å². The first-order valence-electron chi connectivity index (χ1n) is 18.7. The van der Waals surface area contributed by atoms with Gasteiger partial charge in [-0.15, -0.1) is 0 Å². The molecule has 0 bridgehead atoms. The number of hydrogen-bond donors (Lipinski definition) is 3. The van der Waals surface area contributed by atoms with Crippen LogP contribution in [-0.4, -0.2) is 58.8 Å². The summed E-state index contributed by atoms with van der Waals surface area (Å²) in [5, 5.41) is 29.6. The zero-order valence-corrected chi connectivity index (χ0v) is 30.1. The minimum Gasteiger partial charge on any atom is -0.393 e. The Kier molecular flexibility index (Phi) is 34.3. The average Bonchev–Trinajstić information content (AvgIpc) is 3.06. The Labute approximate surface area is 291 Å². The number of carbonyl (C=O) groups excluding carboxylic acids is 2. The number of aliphatic hydroxyl groups is 3. The van der Waals surface area contributed by atoms with Crippen LogP contribution in [0.1, 0.15) is 155 Å². The molecule has 0 aliphatic carbocycles. The highest BCUT2D eigenvalue weighted by molar-refractivity contribution is 5.69. The first-order valence-corrected chi connectivity index (χ1v) is 18.7. The van der Waals surface area contributed by atoms with E-state index in [2.05, 4.69) is 72.2 Å². The van der Waals surface area contributed by atoms with Gasteiger partial charge in [0.1, 0.15) is 6.61 Å². The highest BCUT2D eigenvalue weighted by atomic mass is 17.2. The zero-order chi connectivity index (χ0) is 35.3. The molecule has 3 N–H and O–H groups in total. The lowest BCUT2D eigenvalue weighted by molar-refractivity contribution is -0.340. The van der Waals surface area contributed by atoms with Crippen LogP contribution in [0.2, 0.25) is 0 Å². The minimum absolute atomic E-state index is 0.213. The normalized spacial score (nSPS) is 14.0. The Morgan fingerprint density at radius 1 is 0.562 bits per heavy atom. The van der Waals surface area contributed by atoms with Crippen LogP contribution in [0.4, 0.5) is 0 Å². The fourth-order valence-corrected chi connectivity index (χ4v) is 4.74. The molecule has 9 nitrogen and oxygen atoms in total.